The van der Waals surface area contributed by atoms with E-state index in [4.69, 9.17) is 0 Å². The molecular weight excluding hydrogens is 450 g/mol. The third-order valence-electron chi connectivity index (χ3n) is 2.32. The first-order chi connectivity index (χ1) is 8.43. The fourth-order valence-corrected chi connectivity index (χ4v) is 5.17. The number of benzene rings is 1. The van der Waals surface area contributed by atoms with Crippen molar-refractivity contribution in [2.75, 3.05) is 18.4 Å². The molecule has 102 valence electrons. The van der Waals surface area contributed by atoms with E-state index < -0.39 is 10.0 Å². The highest BCUT2D eigenvalue weighted by Gasteiger charge is 2.25. The topological polar surface area (TPSA) is 37.4 Å². The van der Waals surface area contributed by atoms with Gasteiger partial charge >= 0.3 is 0 Å². The molecular formula is C11H14Br3NO2S. The molecule has 0 bridgehead atoms. The Kier molecular flexibility index (Phi) is 6.81. The molecule has 7 heteroatoms. The lowest BCUT2D eigenvalue weighted by Gasteiger charge is -2.21. The van der Waals surface area contributed by atoms with Crippen molar-refractivity contribution in [3.8, 4) is 0 Å². The van der Waals surface area contributed by atoms with Gasteiger partial charge in [0, 0.05) is 27.4 Å². The molecule has 1 aromatic carbocycles. The third kappa shape index (κ3) is 4.03. The Morgan fingerprint density at radius 3 is 2.44 bits per heavy atom. The summed E-state index contributed by atoms with van der Waals surface area (Å²) in [6.07, 6.45) is 0.790. The molecule has 0 spiro atoms. The van der Waals surface area contributed by atoms with Crippen molar-refractivity contribution in [3.63, 3.8) is 0 Å². The lowest BCUT2D eigenvalue weighted by Crippen LogP contribution is -2.33. The van der Waals surface area contributed by atoms with Crippen molar-refractivity contribution in [1.82, 2.24) is 4.31 Å². The highest BCUT2D eigenvalue weighted by molar-refractivity contribution is 9.11. The van der Waals surface area contributed by atoms with E-state index in [0.717, 1.165) is 10.9 Å². The lowest BCUT2D eigenvalue weighted by molar-refractivity contribution is 0.430. The van der Waals surface area contributed by atoms with Crippen LogP contribution in [0.4, 0.5) is 0 Å². The number of halogens is 3. The second kappa shape index (κ2) is 7.38. The van der Waals surface area contributed by atoms with Crippen molar-refractivity contribution in [2.24, 2.45) is 0 Å². The minimum Gasteiger partial charge on any atom is -0.207 e. The zero-order valence-corrected chi connectivity index (χ0v) is 15.4. The Balaban J connectivity index is 3.21. The number of rotatable bonds is 6. The van der Waals surface area contributed by atoms with Crippen LogP contribution in [0, 0.1) is 0 Å². The number of hydrogen-bond acceptors (Lipinski definition) is 2. The molecule has 0 saturated heterocycles. The number of hydrogen-bond donors (Lipinski definition) is 0. The highest BCUT2D eigenvalue weighted by Crippen LogP contribution is 2.28. The van der Waals surface area contributed by atoms with Crippen molar-refractivity contribution >= 4 is 57.8 Å². The van der Waals surface area contributed by atoms with Gasteiger partial charge in [0.2, 0.25) is 10.0 Å². The molecule has 0 aliphatic rings. The maximum absolute atomic E-state index is 12.5. The fourth-order valence-electron chi connectivity index (χ4n) is 1.51. The Bertz CT molecular complexity index is 499. The molecule has 0 saturated carbocycles. The Labute approximate surface area is 133 Å². The molecule has 0 unspecified atom stereocenters. The second-order valence-electron chi connectivity index (χ2n) is 3.67. The molecule has 1 aromatic rings. The van der Waals surface area contributed by atoms with Crippen LogP contribution < -0.4 is 0 Å². The summed E-state index contributed by atoms with van der Waals surface area (Å²) in [5, 5.41) is 0.623. The quantitative estimate of drug-likeness (QED) is 0.598. The van der Waals surface area contributed by atoms with Crippen LogP contribution in [-0.4, -0.2) is 31.1 Å². The van der Waals surface area contributed by atoms with Gasteiger partial charge in [-0.3, -0.25) is 0 Å². The smallest absolute Gasteiger partial charge is 0.207 e. The number of sulfonamides is 1. The van der Waals surface area contributed by atoms with Gasteiger partial charge in [-0.1, -0.05) is 38.8 Å². The van der Waals surface area contributed by atoms with Gasteiger partial charge in [-0.2, -0.15) is 4.31 Å². The molecule has 0 amide bonds. The SMILES string of the molecule is CCCN(CCBr)S(=O)(=O)c1cc(Br)ccc1Br. The van der Waals surface area contributed by atoms with Crippen LogP contribution in [0.15, 0.2) is 32.0 Å². The Morgan fingerprint density at radius 1 is 1.22 bits per heavy atom. The Morgan fingerprint density at radius 2 is 1.89 bits per heavy atom. The van der Waals surface area contributed by atoms with Gasteiger partial charge in [0.1, 0.15) is 0 Å². The molecule has 0 aromatic heterocycles. The van der Waals surface area contributed by atoms with Gasteiger partial charge in [0.25, 0.3) is 0 Å². The van der Waals surface area contributed by atoms with Crippen molar-refractivity contribution in [3.05, 3.63) is 27.1 Å². The van der Waals surface area contributed by atoms with Gasteiger partial charge in [0.15, 0.2) is 0 Å². The summed E-state index contributed by atoms with van der Waals surface area (Å²) in [6, 6.07) is 5.16. The third-order valence-corrected chi connectivity index (χ3v) is 6.06. The van der Waals surface area contributed by atoms with E-state index in [0.29, 0.717) is 27.8 Å². The Hall–Kier alpha value is 0.570. The van der Waals surface area contributed by atoms with Gasteiger partial charge in [-0.05, 0) is 40.5 Å². The fraction of sp³-hybridized carbons (Fsp3) is 0.455. The van der Waals surface area contributed by atoms with Crippen LogP contribution in [0.2, 0.25) is 0 Å². The first-order valence-electron chi connectivity index (χ1n) is 5.44. The zero-order chi connectivity index (χ0) is 13.8. The summed E-state index contributed by atoms with van der Waals surface area (Å²) in [6.45, 7) is 2.95. The molecule has 0 aliphatic carbocycles. The van der Waals surface area contributed by atoms with Crippen LogP contribution in [0.1, 0.15) is 13.3 Å². The molecule has 18 heavy (non-hydrogen) atoms. The van der Waals surface area contributed by atoms with E-state index in [2.05, 4.69) is 47.8 Å². The van der Waals surface area contributed by atoms with E-state index in [1.165, 1.54) is 4.31 Å². The maximum Gasteiger partial charge on any atom is 0.244 e. The predicted octanol–water partition coefficient (Wildman–Crippen LogP) is 4.01. The van der Waals surface area contributed by atoms with Crippen LogP contribution in [0.25, 0.3) is 0 Å². The van der Waals surface area contributed by atoms with Crippen molar-refractivity contribution in [2.45, 2.75) is 18.2 Å². The molecule has 3 nitrogen and oxygen atoms in total. The minimum atomic E-state index is -3.45. The van der Waals surface area contributed by atoms with E-state index in [9.17, 15) is 8.42 Å². The van der Waals surface area contributed by atoms with Crippen LogP contribution in [-0.2, 0) is 10.0 Å². The molecule has 0 aliphatic heterocycles. The van der Waals surface area contributed by atoms with Crippen molar-refractivity contribution < 1.29 is 8.42 Å². The zero-order valence-electron chi connectivity index (χ0n) is 9.87. The summed E-state index contributed by atoms with van der Waals surface area (Å²) >= 11 is 9.89. The van der Waals surface area contributed by atoms with Crippen LogP contribution in [0.5, 0.6) is 0 Å². The van der Waals surface area contributed by atoms with E-state index in [-0.39, 0.29) is 0 Å². The van der Waals surface area contributed by atoms with Gasteiger partial charge in [0.05, 0.1) is 4.90 Å². The number of alkyl halides is 1. The minimum absolute atomic E-state index is 0.297. The molecule has 0 fully saturated rings. The van der Waals surface area contributed by atoms with Gasteiger partial charge in [-0.15, -0.1) is 0 Å². The monoisotopic (exact) mass is 461 g/mol. The van der Waals surface area contributed by atoms with Gasteiger partial charge in [-0.25, -0.2) is 8.42 Å². The van der Waals surface area contributed by atoms with Crippen molar-refractivity contribution in [1.29, 1.82) is 0 Å². The van der Waals surface area contributed by atoms with Crippen LogP contribution in [0.3, 0.4) is 0 Å². The largest absolute Gasteiger partial charge is 0.244 e. The highest BCUT2D eigenvalue weighted by atomic mass is 79.9. The second-order valence-corrected chi connectivity index (χ2v) is 8.14. The summed E-state index contributed by atoms with van der Waals surface area (Å²) in [5.41, 5.74) is 0. The summed E-state index contributed by atoms with van der Waals surface area (Å²) in [4.78, 5) is 0.297. The molecule has 0 radical (unpaired) electrons. The first kappa shape index (κ1) is 16.6. The summed E-state index contributed by atoms with van der Waals surface area (Å²) in [5.74, 6) is 0. The normalized spacial score (nSPS) is 12.1. The first-order valence-corrected chi connectivity index (χ1v) is 9.59. The number of nitrogens with zero attached hydrogens (tertiary/aromatic N) is 1. The maximum atomic E-state index is 12.5. The molecule has 0 N–H and O–H groups in total. The molecule has 1 rings (SSSR count). The van der Waals surface area contributed by atoms with Gasteiger partial charge < -0.3 is 0 Å². The summed E-state index contributed by atoms with van der Waals surface area (Å²) in [7, 11) is -3.45. The average molecular weight is 464 g/mol. The summed E-state index contributed by atoms with van der Waals surface area (Å²) < 4.78 is 27.9. The van der Waals surface area contributed by atoms with Crippen LogP contribution >= 0.6 is 47.8 Å². The van der Waals surface area contributed by atoms with E-state index >= 15 is 0 Å². The average Bonchev–Trinajstić information content (AvgIpc) is 2.32. The molecule has 0 heterocycles. The predicted molar refractivity (Wildman–Crippen MR) is 84.7 cm³/mol. The van der Waals surface area contributed by atoms with E-state index in [1.807, 2.05) is 6.92 Å². The standard InChI is InChI=1S/C11H14Br3NO2S/c1-2-6-15(7-5-12)18(16,17)11-8-9(13)3-4-10(11)14/h3-4,8H,2,5-7H2,1H3. The lowest BCUT2D eigenvalue weighted by atomic mass is 10.4. The van der Waals surface area contributed by atoms with E-state index in [1.54, 1.807) is 18.2 Å². The molecule has 0 atom stereocenters.